The Labute approximate surface area is 104 Å². The average Bonchev–Trinajstić information content (AvgIpc) is 2.30. The Morgan fingerprint density at radius 1 is 1.29 bits per heavy atom. The van der Waals surface area contributed by atoms with E-state index in [-0.39, 0.29) is 6.10 Å². The van der Waals surface area contributed by atoms with Gasteiger partial charge in [0.15, 0.2) is 0 Å². The van der Waals surface area contributed by atoms with E-state index in [0.717, 1.165) is 19.8 Å². The lowest BCUT2D eigenvalue weighted by molar-refractivity contribution is 0.0892. The molecule has 1 rings (SSSR count). The quantitative estimate of drug-likeness (QED) is 0.696. The summed E-state index contributed by atoms with van der Waals surface area (Å²) in [6.07, 6.45) is 0.392. The highest BCUT2D eigenvalue weighted by atomic mass is 16.5. The Balaban J connectivity index is 2.22. The zero-order valence-corrected chi connectivity index (χ0v) is 10.8. The van der Waals surface area contributed by atoms with Crippen LogP contribution < -0.4 is 0 Å². The smallest absolute Gasteiger partial charge is 0.0707 e. The number of nitrogens with zero attached hydrogens (tertiary/aromatic N) is 1. The van der Waals surface area contributed by atoms with E-state index in [2.05, 4.69) is 4.90 Å². The molecule has 0 aliphatic heterocycles. The molecule has 0 fully saturated rings. The molecule has 1 unspecified atom stereocenters. The van der Waals surface area contributed by atoms with Gasteiger partial charge in [-0.3, -0.25) is 0 Å². The molecular weight excluding hydrogens is 214 g/mol. The summed E-state index contributed by atoms with van der Waals surface area (Å²) in [7, 11) is 2.01. The fourth-order valence-corrected chi connectivity index (χ4v) is 1.77. The molecule has 17 heavy (non-hydrogen) atoms. The molecule has 0 radical (unpaired) electrons. The van der Waals surface area contributed by atoms with Crippen molar-refractivity contribution in [3.05, 3.63) is 35.9 Å². The van der Waals surface area contributed by atoms with Crippen LogP contribution in [-0.4, -0.2) is 49.5 Å². The number of hydrogen-bond donors (Lipinski definition) is 1. The number of likely N-dealkylation sites (N-methyl/N-ethyl adjacent to an activating group) is 1. The first-order valence-corrected chi connectivity index (χ1v) is 6.20. The summed E-state index contributed by atoms with van der Waals surface area (Å²) in [4.78, 5) is 2.10. The number of aliphatic hydroxyl groups is 1. The van der Waals surface area contributed by atoms with Crippen LogP contribution in [-0.2, 0) is 11.2 Å². The fraction of sp³-hybridized carbons (Fsp3) is 0.571. The van der Waals surface area contributed by atoms with Crippen molar-refractivity contribution in [3.8, 4) is 0 Å². The van der Waals surface area contributed by atoms with Crippen molar-refractivity contribution in [3.63, 3.8) is 0 Å². The van der Waals surface area contributed by atoms with Crippen LogP contribution in [0.2, 0.25) is 0 Å². The van der Waals surface area contributed by atoms with Crippen molar-refractivity contribution in [2.24, 2.45) is 0 Å². The fourth-order valence-electron chi connectivity index (χ4n) is 1.77. The molecule has 0 saturated heterocycles. The highest BCUT2D eigenvalue weighted by Gasteiger charge is 2.08. The van der Waals surface area contributed by atoms with Crippen molar-refractivity contribution in [2.45, 2.75) is 19.4 Å². The molecule has 0 aliphatic rings. The van der Waals surface area contributed by atoms with Crippen LogP contribution in [0.3, 0.4) is 0 Å². The van der Waals surface area contributed by atoms with Gasteiger partial charge in [0.05, 0.1) is 12.7 Å². The van der Waals surface area contributed by atoms with E-state index < -0.39 is 0 Å². The standard InChI is InChI=1S/C14H23NO2/c1-3-17-10-9-15(2)12-14(16)11-13-7-5-4-6-8-13/h4-8,14,16H,3,9-12H2,1-2H3. The van der Waals surface area contributed by atoms with Crippen LogP contribution in [0.4, 0.5) is 0 Å². The van der Waals surface area contributed by atoms with Crippen molar-refractivity contribution in [2.75, 3.05) is 33.4 Å². The van der Waals surface area contributed by atoms with Gasteiger partial charge >= 0.3 is 0 Å². The number of aliphatic hydroxyl groups excluding tert-OH is 1. The molecular formula is C14H23NO2. The maximum atomic E-state index is 9.95. The summed E-state index contributed by atoms with van der Waals surface area (Å²) < 4.78 is 5.28. The lowest BCUT2D eigenvalue weighted by Gasteiger charge is -2.20. The second-order valence-corrected chi connectivity index (χ2v) is 4.30. The molecule has 0 saturated carbocycles. The SMILES string of the molecule is CCOCCN(C)CC(O)Cc1ccccc1. The first-order valence-electron chi connectivity index (χ1n) is 6.20. The summed E-state index contributed by atoms with van der Waals surface area (Å²) >= 11 is 0. The highest BCUT2D eigenvalue weighted by molar-refractivity contribution is 5.15. The Morgan fingerprint density at radius 2 is 2.00 bits per heavy atom. The molecule has 3 nitrogen and oxygen atoms in total. The third-order valence-electron chi connectivity index (χ3n) is 2.66. The maximum absolute atomic E-state index is 9.95. The van der Waals surface area contributed by atoms with Crippen LogP contribution in [0.1, 0.15) is 12.5 Å². The number of rotatable bonds is 8. The maximum Gasteiger partial charge on any atom is 0.0707 e. The summed E-state index contributed by atoms with van der Waals surface area (Å²) in [5, 5.41) is 9.95. The first kappa shape index (κ1) is 14.2. The monoisotopic (exact) mass is 237 g/mol. The van der Waals surface area contributed by atoms with Crippen LogP contribution in [0.15, 0.2) is 30.3 Å². The third-order valence-corrected chi connectivity index (χ3v) is 2.66. The van der Waals surface area contributed by atoms with E-state index in [1.54, 1.807) is 0 Å². The van der Waals surface area contributed by atoms with Crippen LogP contribution in [0.25, 0.3) is 0 Å². The van der Waals surface area contributed by atoms with Crippen molar-refractivity contribution in [1.29, 1.82) is 0 Å². The molecule has 1 aromatic rings. The molecule has 0 amide bonds. The minimum atomic E-state index is -0.316. The van der Waals surface area contributed by atoms with Gasteiger partial charge in [-0.2, -0.15) is 0 Å². The van der Waals surface area contributed by atoms with Gasteiger partial charge in [0, 0.05) is 19.7 Å². The third kappa shape index (κ3) is 6.41. The topological polar surface area (TPSA) is 32.7 Å². The normalized spacial score (nSPS) is 12.9. The first-order chi connectivity index (χ1) is 8.22. The zero-order chi connectivity index (χ0) is 12.5. The second kappa shape index (κ2) is 8.23. The van der Waals surface area contributed by atoms with Gasteiger partial charge in [-0.15, -0.1) is 0 Å². The lowest BCUT2D eigenvalue weighted by Crippen LogP contribution is -2.32. The average molecular weight is 237 g/mol. The molecule has 0 aliphatic carbocycles. The molecule has 0 spiro atoms. The summed E-state index contributed by atoms with van der Waals surface area (Å²) in [5.41, 5.74) is 1.18. The summed E-state index contributed by atoms with van der Waals surface area (Å²) in [5.74, 6) is 0. The van der Waals surface area contributed by atoms with E-state index in [1.807, 2.05) is 44.3 Å². The largest absolute Gasteiger partial charge is 0.391 e. The molecule has 0 heterocycles. The van der Waals surface area contributed by atoms with E-state index in [1.165, 1.54) is 5.56 Å². The van der Waals surface area contributed by atoms with Gasteiger partial charge < -0.3 is 14.7 Å². The molecule has 0 bridgehead atoms. The van der Waals surface area contributed by atoms with Crippen LogP contribution in [0.5, 0.6) is 0 Å². The van der Waals surface area contributed by atoms with Crippen LogP contribution in [0, 0.1) is 0 Å². The van der Waals surface area contributed by atoms with E-state index in [9.17, 15) is 5.11 Å². The lowest BCUT2D eigenvalue weighted by atomic mass is 10.1. The van der Waals surface area contributed by atoms with Crippen molar-refractivity contribution >= 4 is 0 Å². The van der Waals surface area contributed by atoms with Gasteiger partial charge in [-0.05, 0) is 26.0 Å². The number of benzene rings is 1. The van der Waals surface area contributed by atoms with Gasteiger partial charge in [0.2, 0.25) is 0 Å². The van der Waals surface area contributed by atoms with Gasteiger partial charge in [-0.1, -0.05) is 30.3 Å². The molecule has 96 valence electrons. The second-order valence-electron chi connectivity index (χ2n) is 4.30. The Bertz CT molecular complexity index is 290. The molecule has 3 heteroatoms. The molecule has 1 N–H and O–H groups in total. The number of hydrogen-bond acceptors (Lipinski definition) is 3. The van der Waals surface area contributed by atoms with E-state index in [0.29, 0.717) is 13.0 Å². The van der Waals surface area contributed by atoms with Gasteiger partial charge in [0.25, 0.3) is 0 Å². The summed E-state index contributed by atoms with van der Waals surface area (Å²) in [6, 6.07) is 10.1. The highest BCUT2D eigenvalue weighted by Crippen LogP contribution is 2.03. The molecule has 1 aromatic carbocycles. The molecule has 0 aromatic heterocycles. The van der Waals surface area contributed by atoms with Crippen LogP contribution >= 0.6 is 0 Å². The van der Waals surface area contributed by atoms with E-state index >= 15 is 0 Å². The van der Waals surface area contributed by atoms with Gasteiger partial charge in [-0.25, -0.2) is 0 Å². The summed E-state index contributed by atoms with van der Waals surface area (Å²) in [6.45, 7) is 5.01. The number of ether oxygens (including phenoxy) is 1. The Kier molecular flexibility index (Phi) is 6.86. The Morgan fingerprint density at radius 3 is 2.65 bits per heavy atom. The minimum Gasteiger partial charge on any atom is -0.391 e. The van der Waals surface area contributed by atoms with E-state index in [4.69, 9.17) is 4.74 Å². The van der Waals surface area contributed by atoms with Crippen molar-refractivity contribution < 1.29 is 9.84 Å². The van der Waals surface area contributed by atoms with Gasteiger partial charge in [0.1, 0.15) is 0 Å². The predicted octanol–water partition coefficient (Wildman–Crippen LogP) is 1.56. The minimum absolute atomic E-state index is 0.316. The molecule has 1 atom stereocenters. The zero-order valence-electron chi connectivity index (χ0n) is 10.8. The predicted molar refractivity (Wildman–Crippen MR) is 70.1 cm³/mol. The Hall–Kier alpha value is -0.900. The van der Waals surface area contributed by atoms with Crippen molar-refractivity contribution in [1.82, 2.24) is 4.90 Å².